The molecule has 0 unspecified atom stereocenters. The van der Waals surface area contributed by atoms with E-state index in [4.69, 9.17) is 34.0 Å². The number of aliphatic carboxylic acids is 2. The van der Waals surface area contributed by atoms with Gasteiger partial charge in [0.1, 0.15) is 0 Å². The second-order valence-corrected chi connectivity index (χ2v) is 9.01. The summed E-state index contributed by atoms with van der Waals surface area (Å²) in [4.78, 5) is 24.3. The average Bonchev–Trinajstić information content (AvgIpc) is 3.35. The van der Waals surface area contributed by atoms with E-state index >= 15 is 0 Å². The van der Waals surface area contributed by atoms with Crippen LogP contribution in [0.4, 0.5) is 30.7 Å². The van der Waals surface area contributed by atoms with E-state index in [-0.39, 0.29) is 11.3 Å². The molecule has 1 aromatic heterocycles. The molecule has 4 heterocycles. The first-order valence-electron chi connectivity index (χ1n) is 11.4. The molecule has 2 N–H and O–H groups in total. The van der Waals surface area contributed by atoms with Gasteiger partial charge in [0.2, 0.25) is 5.88 Å². The molecule has 3 aliphatic heterocycles. The molecule has 3 aliphatic rings. The number of carbonyl (C=O) groups is 2. The van der Waals surface area contributed by atoms with Crippen LogP contribution in [0.3, 0.4) is 0 Å². The van der Waals surface area contributed by atoms with Crippen LogP contribution >= 0.6 is 0 Å². The highest BCUT2D eigenvalue weighted by Gasteiger charge is 2.51. The van der Waals surface area contributed by atoms with Crippen molar-refractivity contribution in [3.05, 3.63) is 24.1 Å². The van der Waals surface area contributed by atoms with Crippen molar-refractivity contribution in [1.82, 2.24) is 9.88 Å². The molecule has 0 saturated carbocycles. The summed E-state index contributed by atoms with van der Waals surface area (Å²) in [6, 6.07) is 2.96. The van der Waals surface area contributed by atoms with E-state index in [0.717, 1.165) is 58.2 Å². The predicted molar refractivity (Wildman–Crippen MR) is 114 cm³/mol. The quantitative estimate of drug-likeness (QED) is 0.520. The molecule has 2 atom stereocenters. The van der Waals surface area contributed by atoms with E-state index in [0.29, 0.717) is 19.1 Å². The third kappa shape index (κ3) is 9.54. The van der Waals surface area contributed by atoms with Gasteiger partial charge in [0.15, 0.2) is 5.82 Å². The van der Waals surface area contributed by atoms with Gasteiger partial charge in [0, 0.05) is 50.4 Å². The predicted octanol–water partition coefficient (Wildman–Crippen LogP) is 3.24. The SMILES string of the molecule is Fc1cccnc1OC[C@]12COC[C@H]1CN(CC1CCOCC1)C2.O=C(O)C(F)(F)F.O=C(O)C(F)(F)F. The summed E-state index contributed by atoms with van der Waals surface area (Å²) in [5.74, 6) is -4.63. The fraction of sp³-hybridized carbons (Fsp3) is 0.682. The van der Waals surface area contributed by atoms with E-state index in [2.05, 4.69) is 9.88 Å². The van der Waals surface area contributed by atoms with Crippen LogP contribution in [0.25, 0.3) is 0 Å². The number of aromatic nitrogens is 1. The largest absolute Gasteiger partial charge is 0.490 e. The van der Waals surface area contributed by atoms with Crippen LogP contribution in [0.2, 0.25) is 0 Å². The number of nitrogens with zero attached hydrogens (tertiary/aromatic N) is 2. The van der Waals surface area contributed by atoms with Crippen LogP contribution < -0.4 is 4.74 Å². The molecule has 3 fully saturated rings. The molecule has 9 nitrogen and oxygen atoms in total. The van der Waals surface area contributed by atoms with Gasteiger partial charge in [0.25, 0.3) is 0 Å². The van der Waals surface area contributed by atoms with Crippen LogP contribution in [0.1, 0.15) is 12.8 Å². The van der Waals surface area contributed by atoms with Crippen molar-refractivity contribution >= 4 is 11.9 Å². The van der Waals surface area contributed by atoms with Gasteiger partial charge in [-0.1, -0.05) is 0 Å². The molecule has 1 aromatic rings. The number of halogens is 7. The minimum absolute atomic E-state index is 0.0326. The Morgan fingerprint density at radius 1 is 1.08 bits per heavy atom. The molecule has 16 heteroatoms. The maximum Gasteiger partial charge on any atom is 0.490 e. The maximum absolute atomic E-state index is 13.7. The van der Waals surface area contributed by atoms with Gasteiger partial charge in [-0.2, -0.15) is 26.3 Å². The van der Waals surface area contributed by atoms with Crippen molar-refractivity contribution in [2.24, 2.45) is 17.3 Å². The van der Waals surface area contributed by atoms with Crippen molar-refractivity contribution < 1.29 is 64.7 Å². The number of likely N-dealkylation sites (tertiary alicyclic amines) is 1. The van der Waals surface area contributed by atoms with E-state index < -0.39 is 30.1 Å². The molecule has 0 radical (unpaired) electrons. The number of alkyl halides is 6. The number of carboxylic acids is 2. The first kappa shape index (κ1) is 31.5. The molecular weight excluding hydrogens is 537 g/mol. The zero-order valence-electron chi connectivity index (χ0n) is 19.9. The lowest BCUT2D eigenvalue weighted by Crippen LogP contribution is -2.38. The number of carboxylic acid groups (broad SMARTS) is 2. The van der Waals surface area contributed by atoms with Crippen molar-refractivity contribution in [2.45, 2.75) is 25.2 Å². The van der Waals surface area contributed by atoms with Crippen LogP contribution in [0.5, 0.6) is 5.88 Å². The Balaban J connectivity index is 0.000000301. The Kier molecular flexibility index (Phi) is 11.1. The Hall–Kier alpha value is -2.72. The highest BCUT2D eigenvalue weighted by atomic mass is 19.4. The highest BCUT2D eigenvalue weighted by molar-refractivity contribution is 5.73. The molecule has 0 aliphatic carbocycles. The Morgan fingerprint density at radius 2 is 1.66 bits per heavy atom. The van der Waals surface area contributed by atoms with Gasteiger partial charge in [-0.3, -0.25) is 0 Å². The standard InChI is InChI=1S/C18H25FN2O3.2C2HF3O2/c19-16-2-1-5-20-17(16)24-13-18-11-21(9-15(18)10-23-12-18)8-14-3-6-22-7-4-14;2*3-2(4,5)1(6)7/h1-2,5,14-15H,3-4,6-13H2;2*(H,6,7)/t15-,18+;;/m1../s1. The Labute approximate surface area is 212 Å². The van der Waals surface area contributed by atoms with Crippen molar-refractivity contribution in [1.29, 1.82) is 0 Å². The zero-order valence-corrected chi connectivity index (χ0v) is 19.9. The third-order valence-electron chi connectivity index (χ3n) is 6.16. The average molecular weight is 564 g/mol. The number of hydrogen-bond donors (Lipinski definition) is 2. The summed E-state index contributed by atoms with van der Waals surface area (Å²) < 4.78 is 94.2. The summed E-state index contributed by atoms with van der Waals surface area (Å²) in [6.45, 7) is 6.84. The van der Waals surface area contributed by atoms with Crippen LogP contribution in [-0.4, -0.2) is 97.1 Å². The van der Waals surface area contributed by atoms with Gasteiger partial charge in [-0.05, 0) is 30.9 Å². The molecular formula is C22H27F7N2O7. The number of pyridine rings is 1. The lowest BCUT2D eigenvalue weighted by atomic mass is 9.82. The second kappa shape index (κ2) is 13.4. The normalized spacial score (nSPS) is 23.9. The van der Waals surface area contributed by atoms with Crippen LogP contribution in [0.15, 0.2) is 18.3 Å². The van der Waals surface area contributed by atoms with Gasteiger partial charge < -0.3 is 29.3 Å². The van der Waals surface area contributed by atoms with E-state index in [9.17, 15) is 30.7 Å². The highest BCUT2D eigenvalue weighted by Crippen LogP contribution is 2.42. The zero-order chi connectivity index (χ0) is 28.6. The summed E-state index contributed by atoms with van der Waals surface area (Å²) in [5, 5.41) is 14.2. The van der Waals surface area contributed by atoms with Gasteiger partial charge in [0.05, 0.1) is 19.8 Å². The fourth-order valence-corrected chi connectivity index (χ4v) is 4.27. The molecule has 4 rings (SSSR count). The van der Waals surface area contributed by atoms with Crippen LogP contribution in [-0.2, 0) is 19.1 Å². The molecule has 0 aromatic carbocycles. The van der Waals surface area contributed by atoms with Crippen LogP contribution in [0, 0.1) is 23.1 Å². The smallest absolute Gasteiger partial charge is 0.475 e. The summed E-state index contributed by atoms with van der Waals surface area (Å²) in [7, 11) is 0. The minimum Gasteiger partial charge on any atom is -0.475 e. The molecule has 0 spiro atoms. The topological polar surface area (TPSA) is 118 Å². The summed E-state index contributed by atoms with van der Waals surface area (Å²) in [6.07, 6.45) is -6.30. The van der Waals surface area contributed by atoms with E-state index in [1.807, 2.05) is 0 Å². The van der Waals surface area contributed by atoms with Gasteiger partial charge in [-0.15, -0.1) is 0 Å². The molecule has 0 amide bonds. The minimum atomic E-state index is -5.08. The molecule has 216 valence electrons. The van der Waals surface area contributed by atoms with Gasteiger partial charge in [-0.25, -0.2) is 19.0 Å². The third-order valence-corrected chi connectivity index (χ3v) is 6.16. The van der Waals surface area contributed by atoms with E-state index in [1.165, 1.54) is 6.07 Å². The first-order valence-corrected chi connectivity index (χ1v) is 11.4. The van der Waals surface area contributed by atoms with E-state index in [1.54, 1.807) is 12.3 Å². The fourth-order valence-electron chi connectivity index (χ4n) is 4.27. The van der Waals surface area contributed by atoms with Crippen molar-refractivity contribution in [3.8, 4) is 5.88 Å². The van der Waals surface area contributed by atoms with Crippen molar-refractivity contribution in [2.75, 3.05) is 52.7 Å². The lowest BCUT2D eigenvalue weighted by Gasteiger charge is -2.29. The Bertz CT molecular complexity index is 902. The number of fused-ring (bicyclic) bond motifs is 1. The van der Waals surface area contributed by atoms with Gasteiger partial charge >= 0.3 is 24.3 Å². The summed E-state index contributed by atoms with van der Waals surface area (Å²) >= 11 is 0. The number of rotatable bonds is 5. The number of hydrogen-bond acceptors (Lipinski definition) is 7. The maximum atomic E-state index is 13.7. The summed E-state index contributed by atoms with van der Waals surface area (Å²) in [5.41, 5.74) is -0.0326. The molecule has 0 bridgehead atoms. The first-order chi connectivity index (χ1) is 17.6. The molecule has 3 saturated heterocycles. The number of ether oxygens (including phenoxy) is 3. The Morgan fingerprint density at radius 3 is 2.18 bits per heavy atom. The second-order valence-electron chi connectivity index (χ2n) is 9.01. The molecule has 38 heavy (non-hydrogen) atoms. The lowest BCUT2D eigenvalue weighted by molar-refractivity contribution is -0.193. The monoisotopic (exact) mass is 564 g/mol. The van der Waals surface area contributed by atoms with Crippen molar-refractivity contribution in [3.63, 3.8) is 0 Å².